The van der Waals surface area contributed by atoms with Gasteiger partial charge in [-0.25, -0.2) is 0 Å². The van der Waals surface area contributed by atoms with E-state index in [0.717, 1.165) is 29.2 Å². The van der Waals surface area contributed by atoms with Gasteiger partial charge in [0.05, 0.1) is 20.3 Å². The standard InChI is InChI=1S/C17H20ClNO2/c1-4-19-17(13-7-5-6-8-15(13)20-2)14-11-12(18)9-10-16(14)21-3/h5-11,17,19H,4H2,1-3H3. The van der Waals surface area contributed by atoms with E-state index in [1.54, 1.807) is 14.2 Å². The number of rotatable bonds is 6. The van der Waals surface area contributed by atoms with Gasteiger partial charge in [-0.2, -0.15) is 0 Å². The lowest BCUT2D eigenvalue weighted by molar-refractivity contribution is 0.394. The maximum absolute atomic E-state index is 6.16. The largest absolute Gasteiger partial charge is 0.496 e. The number of halogens is 1. The minimum absolute atomic E-state index is 0.0419. The number of para-hydroxylation sites is 1. The number of hydrogen-bond acceptors (Lipinski definition) is 3. The molecule has 4 heteroatoms. The molecule has 0 radical (unpaired) electrons. The molecule has 2 aromatic rings. The van der Waals surface area contributed by atoms with Gasteiger partial charge in [0.15, 0.2) is 0 Å². The van der Waals surface area contributed by atoms with E-state index < -0.39 is 0 Å². The Balaban J connectivity index is 2.55. The third kappa shape index (κ3) is 3.49. The molecule has 0 aliphatic rings. The molecule has 0 heterocycles. The van der Waals surface area contributed by atoms with Crippen LogP contribution in [0, 0.1) is 0 Å². The molecule has 0 aromatic heterocycles. The van der Waals surface area contributed by atoms with Crippen LogP contribution < -0.4 is 14.8 Å². The number of hydrogen-bond donors (Lipinski definition) is 1. The van der Waals surface area contributed by atoms with E-state index in [1.807, 2.05) is 42.5 Å². The van der Waals surface area contributed by atoms with Crippen molar-refractivity contribution in [3.63, 3.8) is 0 Å². The maximum atomic E-state index is 6.16. The molecular weight excluding hydrogens is 286 g/mol. The Morgan fingerprint density at radius 1 is 1.00 bits per heavy atom. The van der Waals surface area contributed by atoms with Gasteiger partial charge in [-0.15, -0.1) is 0 Å². The minimum Gasteiger partial charge on any atom is -0.496 e. The van der Waals surface area contributed by atoms with E-state index in [1.165, 1.54) is 0 Å². The zero-order valence-corrected chi connectivity index (χ0v) is 13.3. The Kier molecular flexibility index (Phi) is 5.48. The summed E-state index contributed by atoms with van der Waals surface area (Å²) in [5.41, 5.74) is 2.05. The zero-order chi connectivity index (χ0) is 15.2. The topological polar surface area (TPSA) is 30.5 Å². The van der Waals surface area contributed by atoms with E-state index in [4.69, 9.17) is 21.1 Å². The van der Waals surface area contributed by atoms with Crippen LogP contribution in [0.4, 0.5) is 0 Å². The highest BCUT2D eigenvalue weighted by Crippen LogP contribution is 2.36. The average molecular weight is 306 g/mol. The van der Waals surface area contributed by atoms with Gasteiger partial charge in [0, 0.05) is 16.1 Å². The lowest BCUT2D eigenvalue weighted by Crippen LogP contribution is -2.23. The summed E-state index contributed by atoms with van der Waals surface area (Å²) in [4.78, 5) is 0. The van der Waals surface area contributed by atoms with E-state index in [0.29, 0.717) is 5.02 Å². The first-order valence-corrected chi connectivity index (χ1v) is 7.28. The second-order valence-electron chi connectivity index (χ2n) is 4.62. The van der Waals surface area contributed by atoms with Gasteiger partial charge in [0.2, 0.25) is 0 Å². The third-order valence-electron chi connectivity index (χ3n) is 3.36. The van der Waals surface area contributed by atoms with Crippen LogP contribution in [0.3, 0.4) is 0 Å². The minimum atomic E-state index is -0.0419. The molecule has 3 nitrogen and oxygen atoms in total. The molecule has 0 fully saturated rings. The predicted molar refractivity (Wildman–Crippen MR) is 86.5 cm³/mol. The van der Waals surface area contributed by atoms with Gasteiger partial charge in [-0.3, -0.25) is 0 Å². The van der Waals surface area contributed by atoms with Crippen molar-refractivity contribution >= 4 is 11.6 Å². The molecule has 1 atom stereocenters. The van der Waals surface area contributed by atoms with Crippen molar-refractivity contribution in [1.29, 1.82) is 0 Å². The summed E-state index contributed by atoms with van der Waals surface area (Å²) in [7, 11) is 3.34. The highest BCUT2D eigenvalue weighted by Gasteiger charge is 2.20. The molecule has 0 aliphatic heterocycles. The lowest BCUT2D eigenvalue weighted by atomic mass is 9.97. The molecule has 0 bridgehead atoms. The van der Waals surface area contributed by atoms with Crippen LogP contribution in [0.5, 0.6) is 11.5 Å². The van der Waals surface area contributed by atoms with Crippen LogP contribution in [-0.4, -0.2) is 20.8 Å². The second kappa shape index (κ2) is 7.34. The Bertz CT molecular complexity index is 601. The Hall–Kier alpha value is -1.71. The molecule has 112 valence electrons. The molecule has 0 amide bonds. The first-order valence-electron chi connectivity index (χ1n) is 6.91. The Labute approximate surface area is 130 Å². The van der Waals surface area contributed by atoms with Crippen molar-refractivity contribution in [3.8, 4) is 11.5 Å². The van der Waals surface area contributed by atoms with Gasteiger partial charge in [0.1, 0.15) is 11.5 Å². The van der Waals surface area contributed by atoms with Crippen molar-refractivity contribution in [3.05, 3.63) is 58.6 Å². The number of nitrogens with one attached hydrogen (secondary N) is 1. The van der Waals surface area contributed by atoms with Gasteiger partial charge in [-0.05, 0) is 30.8 Å². The molecule has 0 aliphatic carbocycles. The van der Waals surface area contributed by atoms with Crippen LogP contribution in [0.2, 0.25) is 5.02 Å². The monoisotopic (exact) mass is 305 g/mol. The van der Waals surface area contributed by atoms with Gasteiger partial charge in [-0.1, -0.05) is 36.7 Å². The molecule has 0 saturated carbocycles. The van der Waals surface area contributed by atoms with Gasteiger partial charge < -0.3 is 14.8 Å². The summed E-state index contributed by atoms with van der Waals surface area (Å²) < 4.78 is 11.0. The Morgan fingerprint density at radius 2 is 1.67 bits per heavy atom. The normalized spacial score (nSPS) is 12.0. The van der Waals surface area contributed by atoms with E-state index in [9.17, 15) is 0 Å². The highest BCUT2D eigenvalue weighted by atomic mass is 35.5. The van der Waals surface area contributed by atoms with Crippen LogP contribution in [-0.2, 0) is 0 Å². The fraction of sp³-hybridized carbons (Fsp3) is 0.294. The quantitative estimate of drug-likeness (QED) is 0.873. The summed E-state index contributed by atoms with van der Waals surface area (Å²) in [5.74, 6) is 1.64. The smallest absolute Gasteiger partial charge is 0.124 e. The van der Waals surface area contributed by atoms with Crippen molar-refractivity contribution in [2.45, 2.75) is 13.0 Å². The second-order valence-corrected chi connectivity index (χ2v) is 5.06. The van der Waals surface area contributed by atoms with E-state index in [2.05, 4.69) is 12.2 Å². The number of benzene rings is 2. The average Bonchev–Trinajstić information content (AvgIpc) is 2.52. The van der Waals surface area contributed by atoms with Crippen molar-refractivity contribution in [2.24, 2.45) is 0 Å². The van der Waals surface area contributed by atoms with Gasteiger partial charge >= 0.3 is 0 Å². The van der Waals surface area contributed by atoms with Crippen molar-refractivity contribution < 1.29 is 9.47 Å². The first-order chi connectivity index (χ1) is 10.2. The fourth-order valence-electron chi connectivity index (χ4n) is 2.43. The summed E-state index contributed by atoms with van der Waals surface area (Å²) in [6, 6.07) is 13.6. The van der Waals surface area contributed by atoms with Crippen molar-refractivity contribution in [2.75, 3.05) is 20.8 Å². The molecule has 2 aromatic carbocycles. The molecule has 21 heavy (non-hydrogen) atoms. The van der Waals surface area contributed by atoms with Gasteiger partial charge in [0.25, 0.3) is 0 Å². The lowest BCUT2D eigenvalue weighted by Gasteiger charge is -2.23. The summed E-state index contributed by atoms with van der Waals surface area (Å²) in [6.07, 6.45) is 0. The molecule has 0 spiro atoms. The SMILES string of the molecule is CCNC(c1ccccc1OC)c1cc(Cl)ccc1OC. The first kappa shape index (κ1) is 15.7. The molecule has 2 rings (SSSR count). The van der Waals surface area contributed by atoms with E-state index in [-0.39, 0.29) is 6.04 Å². The van der Waals surface area contributed by atoms with E-state index >= 15 is 0 Å². The molecule has 1 unspecified atom stereocenters. The molecule has 1 N–H and O–H groups in total. The molecular formula is C17H20ClNO2. The predicted octanol–water partition coefficient (Wildman–Crippen LogP) is 4.06. The third-order valence-corrected chi connectivity index (χ3v) is 3.60. The highest BCUT2D eigenvalue weighted by molar-refractivity contribution is 6.30. The molecule has 0 saturated heterocycles. The van der Waals surface area contributed by atoms with Crippen LogP contribution >= 0.6 is 11.6 Å². The van der Waals surface area contributed by atoms with Crippen LogP contribution in [0.15, 0.2) is 42.5 Å². The Morgan fingerprint density at radius 3 is 2.33 bits per heavy atom. The zero-order valence-electron chi connectivity index (χ0n) is 12.5. The summed E-state index contributed by atoms with van der Waals surface area (Å²) in [5, 5.41) is 4.16. The fourth-order valence-corrected chi connectivity index (χ4v) is 2.61. The number of ether oxygens (including phenoxy) is 2. The summed E-state index contributed by atoms with van der Waals surface area (Å²) in [6.45, 7) is 2.89. The maximum Gasteiger partial charge on any atom is 0.124 e. The summed E-state index contributed by atoms with van der Waals surface area (Å²) >= 11 is 6.16. The number of methoxy groups -OCH3 is 2. The van der Waals surface area contributed by atoms with Crippen LogP contribution in [0.1, 0.15) is 24.1 Å². The van der Waals surface area contributed by atoms with Crippen molar-refractivity contribution in [1.82, 2.24) is 5.32 Å². The van der Waals surface area contributed by atoms with Crippen LogP contribution in [0.25, 0.3) is 0 Å².